The molecule has 0 saturated heterocycles. The molecule has 1 amide bonds. The number of hydrogen-bond acceptors (Lipinski definition) is 5. The zero-order valence-corrected chi connectivity index (χ0v) is 17.0. The van der Waals surface area contributed by atoms with Crippen molar-refractivity contribution in [2.24, 2.45) is 0 Å². The van der Waals surface area contributed by atoms with Gasteiger partial charge in [0.1, 0.15) is 10.8 Å². The highest BCUT2D eigenvalue weighted by Gasteiger charge is 2.08. The second kappa shape index (κ2) is 9.37. The predicted molar refractivity (Wildman–Crippen MR) is 113 cm³/mol. The van der Waals surface area contributed by atoms with Gasteiger partial charge in [-0.05, 0) is 55.3 Å². The molecule has 0 spiro atoms. The van der Waals surface area contributed by atoms with Crippen molar-refractivity contribution in [1.29, 1.82) is 0 Å². The quantitative estimate of drug-likeness (QED) is 0.610. The van der Waals surface area contributed by atoms with E-state index >= 15 is 0 Å². The fourth-order valence-corrected chi connectivity index (χ4v) is 3.37. The van der Waals surface area contributed by atoms with Crippen LogP contribution in [0.5, 0.6) is 5.75 Å². The van der Waals surface area contributed by atoms with Crippen LogP contribution in [0.1, 0.15) is 16.7 Å². The Morgan fingerprint density at radius 1 is 1.07 bits per heavy atom. The van der Waals surface area contributed by atoms with Gasteiger partial charge >= 0.3 is 0 Å². The highest BCUT2D eigenvalue weighted by Crippen LogP contribution is 2.24. The number of carbonyl (C=O) groups is 1. The van der Waals surface area contributed by atoms with Gasteiger partial charge in [0.05, 0.1) is 18.6 Å². The highest BCUT2D eigenvalue weighted by atomic mass is 32.2. The Kier molecular flexibility index (Phi) is 6.66. The fraction of sp³-hybridized carbons (Fsp3) is 0.227. The van der Waals surface area contributed by atoms with Crippen LogP contribution in [0.15, 0.2) is 59.6 Å². The third kappa shape index (κ3) is 5.33. The molecule has 1 N–H and O–H groups in total. The van der Waals surface area contributed by atoms with E-state index in [9.17, 15) is 4.79 Å². The van der Waals surface area contributed by atoms with E-state index in [1.165, 1.54) is 17.3 Å². The number of benzene rings is 2. The van der Waals surface area contributed by atoms with E-state index in [1.807, 2.05) is 36.4 Å². The molecule has 0 bridgehead atoms. The van der Waals surface area contributed by atoms with Gasteiger partial charge in [0.2, 0.25) is 5.91 Å². The molecule has 0 aliphatic carbocycles. The van der Waals surface area contributed by atoms with Crippen molar-refractivity contribution in [2.45, 2.75) is 25.4 Å². The number of rotatable bonds is 7. The molecule has 0 atom stereocenters. The molecule has 0 unspecified atom stereocenters. The van der Waals surface area contributed by atoms with Crippen LogP contribution < -0.4 is 10.1 Å². The van der Waals surface area contributed by atoms with Gasteiger partial charge in [-0.25, -0.2) is 0 Å². The summed E-state index contributed by atoms with van der Waals surface area (Å²) in [4.78, 5) is 12.1. The largest absolute Gasteiger partial charge is 0.497 e. The fourth-order valence-electron chi connectivity index (χ4n) is 2.73. The summed E-state index contributed by atoms with van der Waals surface area (Å²) in [7, 11) is 1.63. The van der Waals surface area contributed by atoms with E-state index in [4.69, 9.17) is 4.74 Å². The van der Waals surface area contributed by atoms with E-state index in [2.05, 4.69) is 47.6 Å². The van der Waals surface area contributed by atoms with Crippen LogP contribution in [0.3, 0.4) is 0 Å². The molecule has 3 aromatic rings. The molecule has 2 aromatic carbocycles. The number of ether oxygens (including phenoxy) is 1. The Morgan fingerprint density at radius 3 is 2.68 bits per heavy atom. The smallest absolute Gasteiger partial charge is 0.230 e. The van der Waals surface area contributed by atoms with Gasteiger partial charge in [0, 0.05) is 12.1 Å². The Bertz CT molecular complexity index is 958. The molecule has 0 fully saturated rings. The normalized spacial score (nSPS) is 10.5. The van der Waals surface area contributed by atoms with E-state index in [1.54, 1.807) is 7.11 Å². The lowest BCUT2D eigenvalue weighted by Crippen LogP contribution is -2.24. The molecule has 1 heterocycles. The van der Waals surface area contributed by atoms with E-state index in [0.717, 1.165) is 33.2 Å². The number of hydrogen-bond donors (Lipinski definition) is 1. The molecule has 3 rings (SSSR count). The van der Waals surface area contributed by atoms with Gasteiger partial charge in [-0.15, -0.1) is 10.2 Å². The Balaban J connectivity index is 1.53. The van der Waals surface area contributed by atoms with Crippen LogP contribution in [-0.4, -0.2) is 29.0 Å². The maximum Gasteiger partial charge on any atom is 0.230 e. The van der Waals surface area contributed by atoms with Crippen LogP contribution in [-0.2, 0) is 11.3 Å². The summed E-state index contributed by atoms with van der Waals surface area (Å²) >= 11 is 1.37. The van der Waals surface area contributed by atoms with Gasteiger partial charge in [0.25, 0.3) is 0 Å². The minimum atomic E-state index is -0.0479. The lowest BCUT2D eigenvalue weighted by atomic mass is 10.0. The lowest BCUT2D eigenvalue weighted by molar-refractivity contribution is -0.118. The van der Waals surface area contributed by atoms with Gasteiger partial charge in [-0.1, -0.05) is 41.6 Å². The van der Waals surface area contributed by atoms with Gasteiger partial charge in [-0.3, -0.25) is 4.79 Å². The summed E-state index contributed by atoms with van der Waals surface area (Å²) in [6.45, 7) is 4.59. The van der Waals surface area contributed by atoms with Crippen molar-refractivity contribution >= 4 is 17.7 Å². The number of methoxy groups -OCH3 is 1. The van der Waals surface area contributed by atoms with Crippen LogP contribution in [0.2, 0.25) is 0 Å². The van der Waals surface area contributed by atoms with Crippen molar-refractivity contribution < 1.29 is 9.53 Å². The molecule has 0 saturated carbocycles. The second-order valence-electron chi connectivity index (χ2n) is 6.49. The van der Waals surface area contributed by atoms with E-state index in [-0.39, 0.29) is 5.91 Å². The number of carbonyl (C=O) groups excluding carboxylic acids is 1. The van der Waals surface area contributed by atoms with Crippen LogP contribution >= 0.6 is 11.8 Å². The van der Waals surface area contributed by atoms with Gasteiger partial charge in [-0.2, -0.15) is 0 Å². The molecular formula is C22H23N3O2S. The van der Waals surface area contributed by atoms with Crippen LogP contribution in [0.25, 0.3) is 11.3 Å². The zero-order valence-electron chi connectivity index (χ0n) is 16.2. The third-order valence-electron chi connectivity index (χ3n) is 4.28. The summed E-state index contributed by atoms with van der Waals surface area (Å²) < 4.78 is 5.19. The number of thioether (sulfide) groups is 1. The summed E-state index contributed by atoms with van der Waals surface area (Å²) in [6.07, 6.45) is 0. The molecule has 6 heteroatoms. The first kappa shape index (κ1) is 19.9. The molecule has 1 aromatic heterocycles. The van der Waals surface area contributed by atoms with Crippen molar-refractivity contribution in [3.05, 3.63) is 71.3 Å². The first-order valence-electron chi connectivity index (χ1n) is 8.99. The minimum Gasteiger partial charge on any atom is -0.497 e. The van der Waals surface area contributed by atoms with Crippen LogP contribution in [0.4, 0.5) is 0 Å². The summed E-state index contributed by atoms with van der Waals surface area (Å²) in [5.41, 5.74) is 5.27. The number of aryl methyl sites for hydroxylation is 2. The number of nitrogens with one attached hydrogen (secondary N) is 1. The highest BCUT2D eigenvalue weighted by molar-refractivity contribution is 7.99. The Morgan fingerprint density at radius 2 is 1.93 bits per heavy atom. The molecular weight excluding hydrogens is 370 g/mol. The van der Waals surface area contributed by atoms with Crippen molar-refractivity contribution in [1.82, 2.24) is 15.5 Å². The van der Waals surface area contributed by atoms with Gasteiger partial charge < -0.3 is 10.1 Å². The predicted octanol–water partition coefficient (Wildman–Crippen LogP) is 4.18. The van der Waals surface area contributed by atoms with Crippen molar-refractivity contribution in [3.8, 4) is 17.0 Å². The molecule has 5 nitrogen and oxygen atoms in total. The second-order valence-corrected chi connectivity index (χ2v) is 7.49. The standard InChI is InChI=1S/C22H23N3O2S/c1-15-7-8-16(2)19(11-15)20-9-10-22(25-24-20)28-14-21(26)23-13-17-5-4-6-18(12-17)27-3/h4-12H,13-14H2,1-3H3,(H,23,26). The Hall–Kier alpha value is -2.86. The lowest BCUT2D eigenvalue weighted by Gasteiger charge is -2.08. The molecule has 28 heavy (non-hydrogen) atoms. The van der Waals surface area contributed by atoms with Gasteiger partial charge in [0.15, 0.2) is 0 Å². The third-order valence-corrected chi connectivity index (χ3v) is 5.20. The monoisotopic (exact) mass is 393 g/mol. The molecule has 144 valence electrons. The van der Waals surface area contributed by atoms with Crippen molar-refractivity contribution in [3.63, 3.8) is 0 Å². The minimum absolute atomic E-state index is 0.0479. The molecule has 0 aliphatic heterocycles. The number of aromatic nitrogens is 2. The SMILES string of the molecule is COc1cccc(CNC(=O)CSc2ccc(-c3cc(C)ccc3C)nn2)c1. The summed E-state index contributed by atoms with van der Waals surface area (Å²) in [5, 5.41) is 12.2. The Labute approximate surface area is 169 Å². The average molecular weight is 394 g/mol. The maximum absolute atomic E-state index is 12.1. The number of nitrogens with zero attached hydrogens (tertiary/aromatic N) is 2. The van der Waals surface area contributed by atoms with Crippen molar-refractivity contribution in [2.75, 3.05) is 12.9 Å². The van der Waals surface area contributed by atoms with Crippen LogP contribution in [0, 0.1) is 13.8 Å². The average Bonchev–Trinajstić information content (AvgIpc) is 2.73. The molecule has 0 aliphatic rings. The van der Waals surface area contributed by atoms with E-state index in [0.29, 0.717) is 12.3 Å². The topological polar surface area (TPSA) is 64.1 Å². The maximum atomic E-state index is 12.1. The van der Waals surface area contributed by atoms with E-state index < -0.39 is 0 Å². The number of amides is 1. The zero-order chi connectivity index (χ0) is 19.9. The molecule has 0 radical (unpaired) electrons. The summed E-state index contributed by atoms with van der Waals surface area (Å²) in [5.74, 6) is 1.02. The first-order chi connectivity index (χ1) is 13.5. The first-order valence-corrected chi connectivity index (χ1v) is 9.97. The summed E-state index contributed by atoms with van der Waals surface area (Å²) in [6, 6.07) is 17.8.